The number of benzene rings is 2. The van der Waals surface area contributed by atoms with E-state index < -0.39 is 0 Å². The third kappa shape index (κ3) is 4.48. The summed E-state index contributed by atoms with van der Waals surface area (Å²) in [6.07, 6.45) is 3.35. The zero-order valence-corrected chi connectivity index (χ0v) is 10.9. The number of para-hydroxylation sites is 1. The number of hydrogen-bond donors (Lipinski definition) is 2. The summed E-state index contributed by atoms with van der Waals surface area (Å²) in [5, 5.41) is 6.00. The summed E-state index contributed by atoms with van der Waals surface area (Å²) >= 11 is 5.86. The molecule has 0 atom stereocenters. The molecule has 0 saturated heterocycles. The minimum Gasteiger partial charge on any atom is -0.314 e. The first-order chi connectivity index (χ1) is 9.24. The Bertz CT molecular complexity index is 582. The Morgan fingerprint density at radius 1 is 1.05 bits per heavy atom. The average molecular weight is 273 g/mol. The Hall–Kier alpha value is -2.26. The highest BCUT2D eigenvalue weighted by atomic mass is 35.5. The molecule has 0 fully saturated rings. The van der Waals surface area contributed by atoms with E-state index in [1.807, 2.05) is 48.5 Å². The third-order valence-corrected chi connectivity index (χ3v) is 2.61. The van der Waals surface area contributed by atoms with E-state index in [-0.39, 0.29) is 6.03 Å². The number of carbonyl (C=O) groups excluding carboxylic acids is 1. The number of amides is 2. The maximum Gasteiger partial charge on any atom is 0.323 e. The van der Waals surface area contributed by atoms with Crippen molar-refractivity contribution in [3.8, 4) is 0 Å². The molecule has 2 aromatic carbocycles. The zero-order valence-electron chi connectivity index (χ0n) is 10.1. The van der Waals surface area contributed by atoms with Crippen LogP contribution in [0.15, 0.2) is 60.8 Å². The van der Waals surface area contributed by atoms with E-state index in [2.05, 4.69) is 10.6 Å². The second-order valence-electron chi connectivity index (χ2n) is 3.85. The van der Waals surface area contributed by atoms with Crippen molar-refractivity contribution in [3.63, 3.8) is 0 Å². The van der Waals surface area contributed by atoms with Gasteiger partial charge in [0, 0.05) is 16.9 Å². The van der Waals surface area contributed by atoms with Crippen LogP contribution in [0.1, 0.15) is 5.56 Å². The molecule has 0 unspecified atom stereocenters. The topological polar surface area (TPSA) is 41.1 Å². The van der Waals surface area contributed by atoms with Crippen molar-refractivity contribution >= 4 is 29.4 Å². The second kappa shape index (κ2) is 6.61. The van der Waals surface area contributed by atoms with Gasteiger partial charge in [-0.3, -0.25) is 0 Å². The van der Waals surface area contributed by atoms with Crippen molar-refractivity contribution in [2.24, 2.45) is 0 Å². The summed E-state index contributed by atoms with van der Waals surface area (Å²) in [5.41, 5.74) is 1.67. The third-order valence-electron chi connectivity index (χ3n) is 2.37. The van der Waals surface area contributed by atoms with E-state index >= 15 is 0 Å². The molecule has 0 spiro atoms. The van der Waals surface area contributed by atoms with Crippen LogP contribution in [0, 0.1) is 0 Å². The average Bonchev–Trinajstić information content (AvgIpc) is 2.40. The van der Waals surface area contributed by atoms with Crippen LogP contribution < -0.4 is 10.6 Å². The van der Waals surface area contributed by atoms with Crippen LogP contribution in [0.2, 0.25) is 5.02 Å². The number of urea groups is 1. The lowest BCUT2D eigenvalue weighted by molar-refractivity contribution is 0.255. The Morgan fingerprint density at radius 3 is 2.58 bits per heavy atom. The highest BCUT2D eigenvalue weighted by Crippen LogP contribution is 2.11. The van der Waals surface area contributed by atoms with Crippen molar-refractivity contribution < 1.29 is 4.79 Å². The van der Waals surface area contributed by atoms with Crippen LogP contribution in [0.5, 0.6) is 0 Å². The molecule has 0 aromatic heterocycles. The molecular formula is C15H13ClN2O. The molecule has 3 nitrogen and oxygen atoms in total. The van der Waals surface area contributed by atoms with Gasteiger partial charge in [0.15, 0.2) is 0 Å². The Kier molecular flexibility index (Phi) is 4.59. The van der Waals surface area contributed by atoms with Gasteiger partial charge in [-0.2, -0.15) is 0 Å². The number of carbonyl (C=O) groups is 1. The Balaban J connectivity index is 1.87. The van der Waals surface area contributed by atoms with Gasteiger partial charge in [-0.05, 0) is 35.9 Å². The van der Waals surface area contributed by atoms with Gasteiger partial charge in [-0.25, -0.2) is 4.79 Å². The zero-order chi connectivity index (χ0) is 13.5. The van der Waals surface area contributed by atoms with Crippen LogP contribution >= 0.6 is 11.6 Å². The fourth-order valence-corrected chi connectivity index (χ4v) is 1.71. The van der Waals surface area contributed by atoms with Gasteiger partial charge in [0.2, 0.25) is 0 Å². The van der Waals surface area contributed by atoms with Gasteiger partial charge in [-0.15, -0.1) is 0 Å². The van der Waals surface area contributed by atoms with Crippen molar-refractivity contribution in [3.05, 3.63) is 71.4 Å². The lowest BCUT2D eigenvalue weighted by Gasteiger charge is -2.03. The molecule has 0 aliphatic heterocycles. The van der Waals surface area contributed by atoms with Crippen LogP contribution in [0.3, 0.4) is 0 Å². The Labute approximate surface area is 116 Å². The molecule has 0 aliphatic carbocycles. The molecule has 0 bridgehead atoms. The van der Waals surface area contributed by atoms with E-state index in [9.17, 15) is 4.79 Å². The first-order valence-electron chi connectivity index (χ1n) is 5.79. The van der Waals surface area contributed by atoms with Crippen molar-refractivity contribution in [2.75, 3.05) is 5.32 Å². The predicted molar refractivity (Wildman–Crippen MR) is 79.1 cm³/mol. The van der Waals surface area contributed by atoms with E-state index in [1.165, 1.54) is 0 Å². The van der Waals surface area contributed by atoms with Crippen molar-refractivity contribution in [1.29, 1.82) is 0 Å². The quantitative estimate of drug-likeness (QED) is 0.866. The number of hydrogen-bond acceptors (Lipinski definition) is 1. The van der Waals surface area contributed by atoms with Crippen LogP contribution in [0.4, 0.5) is 10.5 Å². The maximum absolute atomic E-state index is 11.6. The SMILES string of the molecule is O=C(N/C=C/c1cccc(Cl)c1)Nc1ccccc1. The molecule has 0 saturated carbocycles. The Morgan fingerprint density at radius 2 is 1.84 bits per heavy atom. The van der Waals surface area contributed by atoms with Crippen LogP contribution in [-0.2, 0) is 0 Å². The van der Waals surface area contributed by atoms with E-state index in [0.717, 1.165) is 11.3 Å². The summed E-state index contributed by atoms with van der Waals surface area (Å²) in [5.74, 6) is 0. The molecule has 2 aromatic rings. The summed E-state index contributed by atoms with van der Waals surface area (Å²) in [4.78, 5) is 11.6. The molecule has 0 heterocycles. The fourth-order valence-electron chi connectivity index (χ4n) is 1.51. The van der Waals surface area contributed by atoms with E-state index in [1.54, 1.807) is 18.3 Å². The molecule has 0 radical (unpaired) electrons. The smallest absolute Gasteiger partial charge is 0.314 e. The monoisotopic (exact) mass is 272 g/mol. The fraction of sp³-hybridized carbons (Fsp3) is 0. The highest BCUT2D eigenvalue weighted by Gasteiger charge is 1.97. The number of nitrogens with one attached hydrogen (secondary N) is 2. The lowest BCUT2D eigenvalue weighted by Crippen LogP contribution is -2.23. The van der Waals surface area contributed by atoms with Gasteiger partial charge < -0.3 is 10.6 Å². The minimum atomic E-state index is -0.288. The van der Waals surface area contributed by atoms with E-state index in [4.69, 9.17) is 11.6 Å². The van der Waals surface area contributed by atoms with Crippen molar-refractivity contribution in [1.82, 2.24) is 5.32 Å². The first kappa shape index (κ1) is 13.2. The second-order valence-corrected chi connectivity index (χ2v) is 4.29. The molecular weight excluding hydrogens is 260 g/mol. The molecule has 19 heavy (non-hydrogen) atoms. The van der Waals surface area contributed by atoms with Crippen LogP contribution in [-0.4, -0.2) is 6.03 Å². The summed E-state index contributed by atoms with van der Waals surface area (Å²) in [6.45, 7) is 0. The molecule has 4 heteroatoms. The minimum absolute atomic E-state index is 0.288. The van der Waals surface area contributed by atoms with Crippen molar-refractivity contribution in [2.45, 2.75) is 0 Å². The molecule has 2 amide bonds. The maximum atomic E-state index is 11.6. The predicted octanol–water partition coefficient (Wildman–Crippen LogP) is 4.13. The van der Waals surface area contributed by atoms with Gasteiger partial charge >= 0.3 is 6.03 Å². The van der Waals surface area contributed by atoms with Crippen LogP contribution in [0.25, 0.3) is 6.08 Å². The van der Waals surface area contributed by atoms with Gasteiger partial charge in [-0.1, -0.05) is 41.9 Å². The number of halogens is 1. The normalized spacial score (nSPS) is 10.4. The molecule has 2 N–H and O–H groups in total. The molecule has 2 rings (SSSR count). The largest absolute Gasteiger partial charge is 0.323 e. The summed E-state index contributed by atoms with van der Waals surface area (Å²) in [6, 6.07) is 16.3. The molecule has 96 valence electrons. The first-order valence-corrected chi connectivity index (χ1v) is 6.16. The standard InChI is InChI=1S/C15H13ClN2O/c16-13-6-4-5-12(11-13)9-10-17-15(19)18-14-7-2-1-3-8-14/h1-11H,(H2,17,18,19)/b10-9+. The number of anilines is 1. The summed E-state index contributed by atoms with van der Waals surface area (Å²) in [7, 11) is 0. The summed E-state index contributed by atoms with van der Waals surface area (Å²) < 4.78 is 0. The van der Waals surface area contributed by atoms with E-state index in [0.29, 0.717) is 5.02 Å². The van der Waals surface area contributed by atoms with Gasteiger partial charge in [0.1, 0.15) is 0 Å². The van der Waals surface area contributed by atoms with Gasteiger partial charge in [0.05, 0.1) is 0 Å². The molecule has 0 aliphatic rings. The van der Waals surface area contributed by atoms with Gasteiger partial charge in [0.25, 0.3) is 0 Å². The highest BCUT2D eigenvalue weighted by molar-refractivity contribution is 6.30. The lowest BCUT2D eigenvalue weighted by atomic mass is 10.2. The number of rotatable bonds is 3.